The molecule has 1 aromatic heterocycles. The zero-order chi connectivity index (χ0) is 13.1. The Kier molecular flexibility index (Phi) is 3.16. The van der Waals surface area contributed by atoms with Gasteiger partial charge in [0.1, 0.15) is 12.4 Å². The van der Waals surface area contributed by atoms with Crippen molar-refractivity contribution in [2.24, 2.45) is 0 Å². The fraction of sp³-hybridized carbons (Fsp3) is 0.133. The van der Waals surface area contributed by atoms with Crippen LogP contribution in [-0.4, -0.2) is 18.9 Å². The second-order valence-electron chi connectivity index (χ2n) is 4.25. The summed E-state index contributed by atoms with van der Waals surface area (Å²) in [5.74, 6) is 0.668. The van der Waals surface area contributed by atoms with Crippen LogP contribution in [-0.2, 0) is 9.63 Å². The van der Waals surface area contributed by atoms with E-state index in [-0.39, 0.29) is 12.4 Å². The van der Waals surface area contributed by atoms with Gasteiger partial charge in [-0.05, 0) is 30.3 Å². The fourth-order valence-corrected chi connectivity index (χ4v) is 1.95. The summed E-state index contributed by atoms with van der Waals surface area (Å²) in [6, 6.07) is 13.3. The minimum absolute atomic E-state index is 0.0106. The molecule has 4 nitrogen and oxygen atoms in total. The third kappa shape index (κ3) is 2.58. The summed E-state index contributed by atoms with van der Waals surface area (Å²) >= 11 is 0. The number of rotatable bonds is 2. The van der Waals surface area contributed by atoms with E-state index in [9.17, 15) is 4.79 Å². The lowest BCUT2D eigenvalue weighted by Crippen LogP contribution is -2.37. The van der Waals surface area contributed by atoms with Gasteiger partial charge in [0, 0.05) is 5.57 Å². The number of carbonyl (C=O) groups is 1. The first-order chi connectivity index (χ1) is 9.33. The van der Waals surface area contributed by atoms with Gasteiger partial charge in [-0.1, -0.05) is 18.2 Å². The Bertz CT molecular complexity index is 587. The van der Waals surface area contributed by atoms with Gasteiger partial charge in [-0.15, -0.1) is 0 Å². The Balaban J connectivity index is 1.83. The fourth-order valence-electron chi connectivity index (χ4n) is 1.95. The molecular weight excluding hydrogens is 242 g/mol. The minimum Gasteiger partial charge on any atom is -0.465 e. The molecular formula is C15H13NO3. The average molecular weight is 255 g/mol. The standard InChI is InChI=1S/C15H13NO3/c17-15-11-19-16(13-5-2-1-3-6-13)10-12(15)9-14-7-4-8-18-14/h1-9H,10-11H2. The molecule has 0 atom stereocenters. The quantitative estimate of drug-likeness (QED) is 0.774. The highest BCUT2D eigenvalue weighted by atomic mass is 16.7. The Morgan fingerprint density at radius 1 is 1.11 bits per heavy atom. The number of carbonyl (C=O) groups excluding carboxylic acids is 1. The van der Waals surface area contributed by atoms with E-state index in [1.54, 1.807) is 23.5 Å². The molecule has 4 heteroatoms. The van der Waals surface area contributed by atoms with Crippen molar-refractivity contribution in [3.63, 3.8) is 0 Å². The molecule has 0 amide bonds. The van der Waals surface area contributed by atoms with Crippen LogP contribution in [0, 0.1) is 0 Å². The maximum Gasteiger partial charge on any atom is 0.189 e. The SMILES string of the molecule is O=C1CON(c2ccccc2)CC1=Cc1ccco1. The molecule has 0 bridgehead atoms. The van der Waals surface area contributed by atoms with E-state index in [1.165, 1.54) is 0 Å². The maximum atomic E-state index is 11.8. The number of para-hydroxylation sites is 1. The van der Waals surface area contributed by atoms with Crippen molar-refractivity contribution in [2.75, 3.05) is 18.2 Å². The number of anilines is 1. The Morgan fingerprint density at radius 2 is 1.95 bits per heavy atom. The zero-order valence-corrected chi connectivity index (χ0v) is 10.3. The highest BCUT2D eigenvalue weighted by Crippen LogP contribution is 2.21. The van der Waals surface area contributed by atoms with Crippen LogP contribution >= 0.6 is 0 Å². The number of furan rings is 1. The summed E-state index contributed by atoms with van der Waals surface area (Å²) < 4.78 is 5.24. The largest absolute Gasteiger partial charge is 0.465 e. The van der Waals surface area contributed by atoms with Crippen LogP contribution in [0.4, 0.5) is 5.69 Å². The first-order valence-corrected chi connectivity index (χ1v) is 6.06. The smallest absolute Gasteiger partial charge is 0.189 e. The number of hydroxylamine groups is 1. The molecule has 0 radical (unpaired) electrons. The van der Waals surface area contributed by atoms with Gasteiger partial charge >= 0.3 is 0 Å². The molecule has 19 heavy (non-hydrogen) atoms. The molecule has 0 unspecified atom stereocenters. The third-order valence-electron chi connectivity index (χ3n) is 2.93. The number of ketones is 1. The highest BCUT2D eigenvalue weighted by molar-refractivity contribution is 6.01. The summed E-state index contributed by atoms with van der Waals surface area (Å²) in [6.07, 6.45) is 3.35. The van der Waals surface area contributed by atoms with E-state index in [2.05, 4.69) is 0 Å². The van der Waals surface area contributed by atoms with Gasteiger partial charge < -0.3 is 4.42 Å². The van der Waals surface area contributed by atoms with Gasteiger partial charge in [-0.3, -0.25) is 9.63 Å². The van der Waals surface area contributed by atoms with Crippen molar-refractivity contribution >= 4 is 17.5 Å². The van der Waals surface area contributed by atoms with Gasteiger partial charge in [0.05, 0.1) is 18.5 Å². The van der Waals surface area contributed by atoms with Crippen LogP contribution < -0.4 is 5.06 Å². The predicted octanol–water partition coefficient (Wildman–Crippen LogP) is 2.68. The lowest BCUT2D eigenvalue weighted by molar-refractivity contribution is -0.122. The predicted molar refractivity (Wildman–Crippen MR) is 71.4 cm³/mol. The minimum atomic E-state index is -0.0106. The van der Waals surface area contributed by atoms with E-state index < -0.39 is 0 Å². The van der Waals surface area contributed by atoms with Gasteiger partial charge in [0.15, 0.2) is 5.78 Å². The Morgan fingerprint density at radius 3 is 2.68 bits per heavy atom. The topological polar surface area (TPSA) is 42.7 Å². The zero-order valence-electron chi connectivity index (χ0n) is 10.3. The lowest BCUT2D eigenvalue weighted by atomic mass is 10.1. The van der Waals surface area contributed by atoms with E-state index in [0.717, 1.165) is 5.69 Å². The molecule has 0 saturated carbocycles. The van der Waals surface area contributed by atoms with Crippen molar-refractivity contribution in [1.29, 1.82) is 0 Å². The molecule has 1 aromatic carbocycles. The first kappa shape index (κ1) is 11.7. The number of benzene rings is 1. The molecule has 1 aliphatic heterocycles. The van der Waals surface area contributed by atoms with E-state index in [0.29, 0.717) is 17.9 Å². The van der Waals surface area contributed by atoms with E-state index >= 15 is 0 Å². The molecule has 1 fully saturated rings. The van der Waals surface area contributed by atoms with Crippen molar-refractivity contribution < 1.29 is 14.0 Å². The van der Waals surface area contributed by atoms with Gasteiger partial charge in [0.25, 0.3) is 0 Å². The number of Topliss-reactive ketones (excluding diaryl/α,β-unsaturated/α-hetero) is 1. The molecule has 1 aliphatic rings. The first-order valence-electron chi connectivity index (χ1n) is 6.06. The molecule has 2 heterocycles. The summed E-state index contributed by atoms with van der Waals surface area (Å²) in [6.45, 7) is 0.477. The van der Waals surface area contributed by atoms with Crippen molar-refractivity contribution in [3.8, 4) is 0 Å². The monoisotopic (exact) mass is 255 g/mol. The molecule has 2 aromatic rings. The summed E-state index contributed by atoms with van der Waals surface area (Å²) in [7, 11) is 0. The molecule has 3 rings (SSSR count). The Hall–Kier alpha value is -2.33. The number of hydrogen-bond donors (Lipinski definition) is 0. The Labute approximate surface area is 110 Å². The van der Waals surface area contributed by atoms with Crippen molar-refractivity contribution in [1.82, 2.24) is 0 Å². The van der Waals surface area contributed by atoms with Crippen molar-refractivity contribution in [3.05, 3.63) is 60.1 Å². The molecule has 0 N–H and O–H groups in total. The summed E-state index contributed by atoms with van der Waals surface area (Å²) in [5.41, 5.74) is 1.62. The summed E-state index contributed by atoms with van der Waals surface area (Å²) in [5, 5.41) is 1.72. The second kappa shape index (κ2) is 5.12. The van der Waals surface area contributed by atoms with E-state index in [1.807, 2.05) is 36.4 Å². The average Bonchev–Trinajstić information content (AvgIpc) is 2.95. The maximum absolute atomic E-state index is 11.8. The lowest BCUT2D eigenvalue weighted by Gasteiger charge is -2.28. The van der Waals surface area contributed by atoms with Gasteiger partial charge in [-0.2, -0.15) is 0 Å². The van der Waals surface area contributed by atoms with Crippen LogP contribution in [0.25, 0.3) is 6.08 Å². The second-order valence-corrected chi connectivity index (χ2v) is 4.25. The van der Waals surface area contributed by atoms with Crippen LogP contribution in [0.2, 0.25) is 0 Å². The third-order valence-corrected chi connectivity index (χ3v) is 2.93. The molecule has 1 saturated heterocycles. The van der Waals surface area contributed by atoms with Crippen LogP contribution in [0.1, 0.15) is 5.76 Å². The molecule has 0 aliphatic carbocycles. The van der Waals surface area contributed by atoms with Gasteiger partial charge in [0.2, 0.25) is 0 Å². The molecule has 96 valence electrons. The number of nitrogens with zero attached hydrogens (tertiary/aromatic N) is 1. The van der Waals surface area contributed by atoms with Crippen LogP contribution in [0.3, 0.4) is 0 Å². The van der Waals surface area contributed by atoms with Gasteiger partial charge in [-0.25, -0.2) is 5.06 Å². The van der Waals surface area contributed by atoms with E-state index in [4.69, 9.17) is 9.25 Å². The van der Waals surface area contributed by atoms with Crippen molar-refractivity contribution in [2.45, 2.75) is 0 Å². The van der Waals surface area contributed by atoms with Crippen LogP contribution in [0.5, 0.6) is 0 Å². The normalized spacial score (nSPS) is 18.0. The summed E-state index contributed by atoms with van der Waals surface area (Å²) in [4.78, 5) is 17.3. The highest BCUT2D eigenvalue weighted by Gasteiger charge is 2.22. The molecule has 0 spiro atoms. The number of hydrogen-bond acceptors (Lipinski definition) is 4. The van der Waals surface area contributed by atoms with Crippen LogP contribution in [0.15, 0.2) is 58.7 Å².